The van der Waals surface area contributed by atoms with Crippen LogP contribution in [0.2, 0.25) is 0 Å². The highest BCUT2D eigenvalue weighted by molar-refractivity contribution is 5.74. The maximum Gasteiger partial charge on any atom is 0.423 e. The fourth-order valence-electron chi connectivity index (χ4n) is 3.33. The Kier molecular flexibility index (Phi) is 3.93. The zero-order valence-corrected chi connectivity index (χ0v) is 16.1. The van der Waals surface area contributed by atoms with E-state index in [1.54, 1.807) is 6.92 Å². The topological polar surface area (TPSA) is 114 Å². The molecular weight excluding hydrogens is 413 g/mol. The Morgan fingerprint density at radius 2 is 2.00 bits per heavy atom. The molecule has 0 saturated carbocycles. The number of rotatable bonds is 4. The largest absolute Gasteiger partial charge is 0.423 e. The number of imidazole rings is 1. The molecule has 1 aromatic carbocycles. The number of fused-ring (bicyclic) bond motifs is 1. The fourth-order valence-corrected chi connectivity index (χ4v) is 3.33. The van der Waals surface area contributed by atoms with Crippen molar-refractivity contribution in [3.05, 3.63) is 54.0 Å². The van der Waals surface area contributed by atoms with Gasteiger partial charge in [0.05, 0.1) is 24.2 Å². The highest BCUT2D eigenvalue weighted by Gasteiger charge is 2.54. The van der Waals surface area contributed by atoms with Crippen molar-refractivity contribution < 1.29 is 27.5 Å². The lowest BCUT2D eigenvalue weighted by Gasteiger charge is -2.29. The van der Waals surface area contributed by atoms with Gasteiger partial charge in [0.1, 0.15) is 5.69 Å². The number of benzene rings is 1. The van der Waals surface area contributed by atoms with Crippen LogP contribution >= 0.6 is 0 Å². The van der Waals surface area contributed by atoms with Gasteiger partial charge < -0.3 is 15.9 Å². The highest BCUT2D eigenvalue weighted by atomic mass is 19.4. The van der Waals surface area contributed by atoms with Gasteiger partial charge in [0, 0.05) is 29.0 Å². The standard InChI is InChI=1S/C20H19F3N6O2/c1-11-3-4-12(19(31,10-30)20(21,22)23)7-13(11)16-8-25-18-17(24)27-14(9-29(16)18)15-5-6-26-28(15)2/h3-9,30-31H,10H2,1-2H3,(H2,24,27)/i2D3. The second-order valence-corrected chi connectivity index (χ2v) is 7.02. The minimum Gasteiger partial charge on any atom is -0.393 e. The third-order valence-electron chi connectivity index (χ3n) is 5.11. The predicted molar refractivity (Wildman–Crippen MR) is 107 cm³/mol. The van der Waals surface area contributed by atoms with Gasteiger partial charge in [-0.1, -0.05) is 12.1 Å². The van der Waals surface area contributed by atoms with Gasteiger partial charge in [0.15, 0.2) is 11.5 Å². The Morgan fingerprint density at radius 3 is 2.68 bits per heavy atom. The molecule has 11 heteroatoms. The number of aryl methyl sites for hydroxylation is 2. The Morgan fingerprint density at radius 1 is 1.23 bits per heavy atom. The quantitative estimate of drug-likeness (QED) is 0.454. The van der Waals surface area contributed by atoms with Crippen molar-refractivity contribution in [2.75, 3.05) is 12.3 Å². The molecule has 4 N–H and O–H groups in total. The zero-order chi connectivity index (χ0) is 25.1. The lowest BCUT2D eigenvalue weighted by Crippen LogP contribution is -2.45. The summed E-state index contributed by atoms with van der Waals surface area (Å²) in [6.07, 6.45) is -1.01. The number of nitrogens with zero attached hydrogens (tertiary/aromatic N) is 5. The SMILES string of the molecule is [2H]C([2H])([2H])n1nccc1-c1cn2c(-c3cc(C(O)(CO)C(F)(F)F)ccc3C)cnc2c(N)n1. The Hall–Kier alpha value is -3.44. The van der Waals surface area contributed by atoms with Crippen LogP contribution in [0.5, 0.6) is 0 Å². The van der Waals surface area contributed by atoms with Gasteiger partial charge >= 0.3 is 6.18 Å². The van der Waals surface area contributed by atoms with E-state index < -0.39 is 30.9 Å². The molecule has 0 aliphatic heterocycles. The number of hydrogen-bond donors (Lipinski definition) is 3. The van der Waals surface area contributed by atoms with Crippen LogP contribution < -0.4 is 5.73 Å². The molecule has 4 aromatic rings. The highest BCUT2D eigenvalue weighted by Crippen LogP contribution is 2.40. The summed E-state index contributed by atoms with van der Waals surface area (Å²) < 4.78 is 65.7. The summed E-state index contributed by atoms with van der Waals surface area (Å²) in [5, 5.41) is 23.3. The third-order valence-corrected chi connectivity index (χ3v) is 5.11. The van der Waals surface area contributed by atoms with E-state index in [9.17, 15) is 23.4 Å². The molecule has 0 spiro atoms. The lowest BCUT2D eigenvalue weighted by atomic mass is 9.90. The molecule has 3 heterocycles. The number of aliphatic hydroxyl groups excluding tert-OH is 1. The van der Waals surface area contributed by atoms with Gasteiger partial charge in [-0.05, 0) is 30.2 Å². The average molecular weight is 435 g/mol. The van der Waals surface area contributed by atoms with Crippen LogP contribution in [-0.2, 0) is 12.6 Å². The first kappa shape index (κ1) is 17.3. The fraction of sp³-hybridized carbons (Fsp3) is 0.250. The lowest BCUT2D eigenvalue weighted by molar-refractivity contribution is -0.277. The second kappa shape index (κ2) is 7.06. The minimum atomic E-state index is -5.12. The number of nitrogen functional groups attached to an aromatic ring is 1. The number of anilines is 1. The van der Waals surface area contributed by atoms with Gasteiger partial charge in [-0.2, -0.15) is 18.3 Å². The number of alkyl halides is 3. The van der Waals surface area contributed by atoms with Crippen molar-refractivity contribution in [3.8, 4) is 22.6 Å². The van der Waals surface area contributed by atoms with Gasteiger partial charge in [0.2, 0.25) is 5.60 Å². The number of aromatic nitrogens is 5. The van der Waals surface area contributed by atoms with Crippen LogP contribution in [0.25, 0.3) is 28.3 Å². The summed E-state index contributed by atoms with van der Waals surface area (Å²) >= 11 is 0. The summed E-state index contributed by atoms with van der Waals surface area (Å²) in [6, 6.07) is 5.02. The normalized spacial score (nSPS) is 16.0. The van der Waals surface area contributed by atoms with E-state index in [4.69, 9.17) is 9.85 Å². The van der Waals surface area contributed by atoms with Crippen LogP contribution in [0, 0.1) is 6.92 Å². The first-order valence-electron chi connectivity index (χ1n) is 10.5. The van der Waals surface area contributed by atoms with E-state index in [1.165, 1.54) is 35.1 Å². The van der Waals surface area contributed by atoms with Crippen molar-refractivity contribution in [2.24, 2.45) is 6.98 Å². The Balaban J connectivity index is 1.93. The molecule has 0 fully saturated rings. The van der Waals surface area contributed by atoms with E-state index in [0.29, 0.717) is 11.3 Å². The molecule has 1 atom stereocenters. The summed E-state index contributed by atoms with van der Waals surface area (Å²) in [4.78, 5) is 8.41. The Bertz CT molecular complexity index is 1380. The molecule has 0 aliphatic carbocycles. The molecule has 0 aliphatic rings. The molecule has 0 radical (unpaired) electrons. The van der Waals surface area contributed by atoms with Crippen LogP contribution in [0.3, 0.4) is 0 Å². The summed E-state index contributed by atoms with van der Waals surface area (Å²) in [6.45, 7) is -2.50. The van der Waals surface area contributed by atoms with E-state index in [2.05, 4.69) is 15.1 Å². The molecule has 0 bridgehead atoms. The van der Waals surface area contributed by atoms with Crippen molar-refractivity contribution in [2.45, 2.75) is 18.7 Å². The van der Waals surface area contributed by atoms with Crippen LogP contribution in [0.4, 0.5) is 19.0 Å². The van der Waals surface area contributed by atoms with Crippen molar-refractivity contribution in [3.63, 3.8) is 0 Å². The molecule has 162 valence electrons. The molecule has 1 unspecified atom stereocenters. The molecule has 4 rings (SSSR count). The van der Waals surface area contributed by atoms with Crippen molar-refractivity contribution in [1.82, 2.24) is 24.1 Å². The maximum absolute atomic E-state index is 13.5. The van der Waals surface area contributed by atoms with Gasteiger partial charge in [-0.3, -0.25) is 9.08 Å². The van der Waals surface area contributed by atoms with E-state index in [0.717, 1.165) is 16.8 Å². The number of hydrogen-bond acceptors (Lipinski definition) is 6. The van der Waals surface area contributed by atoms with Crippen LogP contribution in [0.1, 0.15) is 15.2 Å². The average Bonchev–Trinajstić information content (AvgIpc) is 3.40. The van der Waals surface area contributed by atoms with Crippen LogP contribution in [0.15, 0.2) is 42.9 Å². The molecule has 31 heavy (non-hydrogen) atoms. The van der Waals surface area contributed by atoms with Gasteiger partial charge in [-0.25, -0.2) is 9.97 Å². The maximum atomic E-state index is 13.5. The van der Waals surface area contributed by atoms with Gasteiger partial charge in [0.25, 0.3) is 0 Å². The molecule has 0 amide bonds. The number of nitrogens with two attached hydrogens (primary N) is 1. The first-order chi connectivity index (χ1) is 15.8. The smallest absolute Gasteiger partial charge is 0.393 e. The molecule has 3 aromatic heterocycles. The molecule has 0 saturated heterocycles. The summed E-state index contributed by atoms with van der Waals surface area (Å²) in [5.41, 5.74) is 3.65. The van der Waals surface area contributed by atoms with E-state index in [1.807, 2.05) is 0 Å². The molecular formula is C20H19F3N6O2. The van der Waals surface area contributed by atoms with Crippen LogP contribution in [-0.4, -0.2) is 47.1 Å². The molecule has 8 nitrogen and oxygen atoms in total. The second-order valence-electron chi connectivity index (χ2n) is 7.02. The van der Waals surface area contributed by atoms with E-state index >= 15 is 0 Å². The Labute approximate surface area is 178 Å². The minimum absolute atomic E-state index is 0.0435. The van der Waals surface area contributed by atoms with E-state index in [-0.39, 0.29) is 28.4 Å². The summed E-state index contributed by atoms with van der Waals surface area (Å²) in [5.74, 6) is -0.0435. The summed E-state index contributed by atoms with van der Waals surface area (Å²) in [7, 11) is 0. The van der Waals surface area contributed by atoms with Gasteiger partial charge in [-0.15, -0.1) is 0 Å². The van der Waals surface area contributed by atoms with Crippen molar-refractivity contribution >= 4 is 11.5 Å². The number of aliphatic hydroxyl groups is 2. The third kappa shape index (κ3) is 3.22. The zero-order valence-electron chi connectivity index (χ0n) is 19.1. The predicted octanol–water partition coefficient (Wildman–Crippen LogP) is 2.43. The van der Waals surface area contributed by atoms with Crippen molar-refractivity contribution in [1.29, 1.82) is 0 Å². The first-order valence-corrected chi connectivity index (χ1v) is 8.98. The number of halogens is 3. The monoisotopic (exact) mass is 435 g/mol.